The van der Waals surface area contributed by atoms with E-state index in [1.807, 2.05) is 18.2 Å². The van der Waals surface area contributed by atoms with Crippen LogP contribution < -0.4 is 0 Å². The van der Waals surface area contributed by atoms with Crippen LogP contribution in [0, 0.1) is 0 Å². The molecule has 4 rings (SSSR count). The van der Waals surface area contributed by atoms with Crippen molar-refractivity contribution in [2.45, 2.75) is 32.9 Å². The molecule has 154 valence electrons. The SMILES string of the molecule is CCCc1nc(Cl)c(COC)n1Cc1ccc(-c2ccccc2-c2nn[nH]n2)cc1. The zero-order valence-electron chi connectivity index (χ0n) is 17.0. The Morgan fingerprint density at radius 3 is 2.50 bits per heavy atom. The molecule has 8 heteroatoms. The van der Waals surface area contributed by atoms with Crippen molar-refractivity contribution in [1.29, 1.82) is 0 Å². The van der Waals surface area contributed by atoms with Crippen molar-refractivity contribution >= 4 is 11.6 Å². The van der Waals surface area contributed by atoms with E-state index in [0.717, 1.165) is 41.1 Å². The van der Waals surface area contributed by atoms with Crippen LogP contribution in [0.4, 0.5) is 0 Å². The Kier molecular flexibility index (Phi) is 6.21. The second-order valence-electron chi connectivity index (χ2n) is 7.01. The van der Waals surface area contributed by atoms with Crippen LogP contribution in [-0.2, 0) is 24.3 Å². The Hall–Kier alpha value is -3.03. The lowest BCUT2D eigenvalue weighted by atomic mass is 9.98. The van der Waals surface area contributed by atoms with Gasteiger partial charge in [0.25, 0.3) is 0 Å². The quantitative estimate of drug-likeness (QED) is 0.451. The molecule has 0 aliphatic carbocycles. The maximum absolute atomic E-state index is 6.37. The lowest BCUT2D eigenvalue weighted by Gasteiger charge is -2.13. The number of hydrogen-bond acceptors (Lipinski definition) is 5. The number of aryl methyl sites for hydroxylation is 1. The summed E-state index contributed by atoms with van der Waals surface area (Å²) in [5.74, 6) is 1.57. The van der Waals surface area contributed by atoms with Gasteiger partial charge in [0.15, 0.2) is 5.15 Å². The number of nitrogens with one attached hydrogen (secondary N) is 1. The zero-order valence-corrected chi connectivity index (χ0v) is 17.7. The molecule has 1 N–H and O–H groups in total. The van der Waals surface area contributed by atoms with Gasteiger partial charge in [-0.3, -0.25) is 0 Å². The van der Waals surface area contributed by atoms with Gasteiger partial charge in [0.2, 0.25) is 5.82 Å². The second-order valence-corrected chi connectivity index (χ2v) is 7.37. The third-order valence-electron chi connectivity index (χ3n) is 4.98. The maximum Gasteiger partial charge on any atom is 0.205 e. The summed E-state index contributed by atoms with van der Waals surface area (Å²) in [4.78, 5) is 4.55. The van der Waals surface area contributed by atoms with E-state index in [0.29, 0.717) is 24.1 Å². The van der Waals surface area contributed by atoms with Crippen LogP contribution in [0.15, 0.2) is 48.5 Å². The van der Waals surface area contributed by atoms with E-state index in [2.05, 4.69) is 67.4 Å². The van der Waals surface area contributed by atoms with Gasteiger partial charge in [0.05, 0.1) is 12.3 Å². The average molecular weight is 423 g/mol. The van der Waals surface area contributed by atoms with E-state index in [4.69, 9.17) is 16.3 Å². The predicted octanol–water partition coefficient (Wildman–Crippen LogP) is 4.53. The molecule has 30 heavy (non-hydrogen) atoms. The molecule has 0 amide bonds. The molecule has 0 bridgehead atoms. The summed E-state index contributed by atoms with van der Waals surface area (Å²) >= 11 is 6.37. The van der Waals surface area contributed by atoms with Crippen LogP contribution in [-0.4, -0.2) is 37.3 Å². The molecule has 2 heterocycles. The normalized spacial score (nSPS) is 11.2. The minimum absolute atomic E-state index is 0.436. The molecule has 7 nitrogen and oxygen atoms in total. The Labute approximate surface area is 180 Å². The summed E-state index contributed by atoms with van der Waals surface area (Å²) < 4.78 is 7.50. The minimum atomic E-state index is 0.436. The predicted molar refractivity (Wildman–Crippen MR) is 116 cm³/mol. The van der Waals surface area contributed by atoms with Crippen molar-refractivity contribution in [2.24, 2.45) is 0 Å². The van der Waals surface area contributed by atoms with Crippen LogP contribution in [0.1, 0.15) is 30.4 Å². The summed E-state index contributed by atoms with van der Waals surface area (Å²) in [6.45, 7) is 3.27. The Balaban J connectivity index is 1.64. The lowest BCUT2D eigenvalue weighted by Crippen LogP contribution is -2.09. The third-order valence-corrected chi connectivity index (χ3v) is 5.28. The van der Waals surface area contributed by atoms with E-state index < -0.39 is 0 Å². The number of rotatable bonds is 8. The van der Waals surface area contributed by atoms with Gasteiger partial charge in [0, 0.05) is 25.6 Å². The summed E-state index contributed by atoms with van der Waals surface area (Å²) in [5, 5.41) is 15.0. The minimum Gasteiger partial charge on any atom is -0.378 e. The number of ether oxygens (including phenoxy) is 1. The van der Waals surface area contributed by atoms with Crippen molar-refractivity contribution in [2.75, 3.05) is 7.11 Å². The Morgan fingerprint density at radius 2 is 1.83 bits per heavy atom. The van der Waals surface area contributed by atoms with Gasteiger partial charge in [-0.25, -0.2) is 4.98 Å². The second kappa shape index (κ2) is 9.19. The molecule has 2 aromatic carbocycles. The molecule has 0 saturated heterocycles. The van der Waals surface area contributed by atoms with Gasteiger partial charge in [-0.2, -0.15) is 5.21 Å². The summed E-state index contributed by atoms with van der Waals surface area (Å²) in [6.07, 6.45) is 1.88. The lowest BCUT2D eigenvalue weighted by molar-refractivity contribution is 0.178. The van der Waals surface area contributed by atoms with Crippen LogP contribution in [0.3, 0.4) is 0 Å². The Bertz CT molecular complexity index is 1110. The van der Waals surface area contributed by atoms with Gasteiger partial charge < -0.3 is 9.30 Å². The number of halogens is 1. The summed E-state index contributed by atoms with van der Waals surface area (Å²) in [7, 11) is 1.67. The molecular weight excluding hydrogens is 400 g/mol. The molecule has 0 aliphatic rings. The first-order valence-corrected chi connectivity index (χ1v) is 10.2. The highest BCUT2D eigenvalue weighted by atomic mass is 35.5. The first kappa shape index (κ1) is 20.3. The fourth-order valence-electron chi connectivity index (χ4n) is 3.56. The largest absolute Gasteiger partial charge is 0.378 e. The van der Waals surface area contributed by atoms with E-state index in [1.165, 1.54) is 5.56 Å². The number of methoxy groups -OCH3 is 1. The zero-order chi connectivity index (χ0) is 20.9. The van der Waals surface area contributed by atoms with E-state index in [1.54, 1.807) is 7.11 Å². The van der Waals surface area contributed by atoms with Crippen molar-refractivity contribution < 1.29 is 4.74 Å². The van der Waals surface area contributed by atoms with E-state index in [-0.39, 0.29) is 0 Å². The van der Waals surface area contributed by atoms with Gasteiger partial charge in [0.1, 0.15) is 5.82 Å². The van der Waals surface area contributed by atoms with Crippen LogP contribution >= 0.6 is 11.6 Å². The first-order valence-electron chi connectivity index (χ1n) is 9.86. The third kappa shape index (κ3) is 4.13. The van der Waals surface area contributed by atoms with E-state index >= 15 is 0 Å². The number of aromatic amines is 1. The van der Waals surface area contributed by atoms with Gasteiger partial charge >= 0.3 is 0 Å². The standard InChI is InChI=1S/C22H23ClN6O/c1-3-6-20-24-21(23)19(14-30-2)29(20)13-15-9-11-16(12-10-15)17-7-4-5-8-18(17)22-25-27-28-26-22/h4-5,7-12H,3,6,13-14H2,1-2H3,(H,25,26,27,28). The number of imidazole rings is 1. The fraction of sp³-hybridized carbons (Fsp3) is 0.273. The van der Waals surface area contributed by atoms with Crippen molar-refractivity contribution in [1.82, 2.24) is 30.2 Å². The van der Waals surface area contributed by atoms with Crippen molar-refractivity contribution in [3.05, 3.63) is 70.8 Å². The molecule has 0 saturated carbocycles. The molecular formula is C22H23ClN6O. The van der Waals surface area contributed by atoms with Crippen LogP contribution in [0.25, 0.3) is 22.5 Å². The molecule has 0 radical (unpaired) electrons. The van der Waals surface area contributed by atoms with Gasteiger partial charge in [-0.1, -0.05) is 67.1 Å². The summed E-state index contributed by atoms with van der Waals surface area (Å²) in [5.41, 5.74) is 5.17. The number of H-pyrrole nitrogens is 1. The van der Waals surface area contributed by atoms with Gasteiger partial charge in [-0.05, 0) is 28.3 Å². The highest BCUT2D eigenvalue weighted by molar-refractivity contribution is 6.30. The highest BCUT2D eigenvalue weighted by Crippen LogP contribution is 2.30. The Morgan fingerprint density at radius 1 is 1.07 bits per heavy atom. The molecule has 4 aromatic rings. The van der Waals surface area contributed by atoms with Crippen molar-refractivity contribution in [3.63, 3.8) is 0 Å². The molecule has 0 aliphatic heterocycles. The smallest absolute Gasteiger partial charge is 0.205 e. The van der Waals surface area contributed by atoms with E-state index in [9.17, 15) is 0 Å². The molecule has 0 atom stereocenters. The van der Waals surface area contributed by atoms with Gasteiger partial charge in [-0.15, -0.1) is 10.2 Å². The number of hydrogen-bond donors (Lipinski definition) is 1. The molecule has 0 fully saturated rings. The number of tetrazole rings is 1. The molecule has 2 aromatic heterocycles. The summed E-state index contributed by atoms with van der Waals surface area (Å²) in [6, 6.07) is 16.5. The number of benzene rings is 2. The first-order chi connectivity index (χ1) is 14.7. The fourth-order valence-corrected chi connectivity index (χ4v) is 3.81. The van der Waals surface area contributed by atoms with Crippen LogP contribution in [0.5, 0.6) is 0 Å². The number of nitrogens with zero attached hydrogens (tertiary/aromatic N) is 5. The van der Waals surface area contributed by atoms with Crippen molar-refractivity contribution in [3.8, 4) is 22.5 Å². The topological polar surface area (TPSA) is 81.5 Å². The molecule has 0 spiro atoms. The van der Waals surface area contributed by atoms with Crippen LogP contribution in [0.2, 0.25) is 5.15 Å². The highest BCUT2D eigenvalue weighted by Gasteiger charge is 2.16. The monoisotopic (exact) mass is 422 g/mol. The maximum atomic E-state index is 6.37. The average Bonchev–Trinajstić information content (AvgIpc) is 3.40. The molecule has 0 unspecified atom stereocenters. The number of aromatic nitrogens is 6.